The largest absolute Gasteiger partial charge is 0.480 e. The quantitative estimate of drug-likeness (QED) is 0.178. The van der Waals surface area contributed by atoms with Crippen LogP contribution in [0.1, 0.15) is 19.5 Å². The Bertz CT molecular complexity index is 709. The highest BCUT2D eigenvalue weighted by atomic mass is 16.4. The number of carbonyl (C=O) groups is 4. The van der Waals surface area contributed by atoms with Gasteiger partial charge in [0.2, 0.25) is 17.7 Å². The van der Waals surface area contributed by atoms with Crippen molar-refractivity contribution in [2.45, 2.75) is 50.5 Å². The zero-order valence-electron chi connectivity index (χ0n) is 16.0. The van der Waals surface area contributed by atoms with Crippen molar-refractivity contribution < 1.29 is 34.5 Å². The minimum Gasteiger partial charge on any atom is -0.480 e. The molecule has 162 valence electrons. The van der Waals surface area contributed by atoms with Crippen LogP contribution < -0.4 is 21.7 Å². The van der Waals surface area contributed by atoms with E-state index in [1.165, 1.54) is 26.4 Å². The fraction of sp³-hybridized carbons (Fsp3) is 0.562. The predicted molar refractivity (Wildman–Crippen MR) is 98.1 cm³/mol. The van der Waals surface area contributed by atoms with Crippen molar-refractivity contribution in [2.75, 3.05) is 6.61 Å². The number of carbonyl (C=O) groups excluding carboxylic acids is 3. The van der Waals surface area contributed by atoms with Gasteiger partial charge in [0.05, 0.1) is 19.0 Å². The average molecular weight is 414 g/mol. The first kappa shape index (κ1) is 24.0. The first-order valence-electron chi connectivity index (χ1n) is 8.72. The molecule has 0 aromatic carbocycles. The molecule has 13 nitrogen and oxygen atoms in total. The molecule has 0 bridgehead atoms. The Balaban J connectivity index is 2.88. The summed E-state index contributed by atoms with van der Waals surface area (Å²) < 4.78 is 0. The van der Waals surface area contributed by atoms with Gasteiger partial charge < -0.3 is 42.0 Å². The molecule has 3 amide bonds. The van der Waals surface area contributed by atoms with Crippen LogP contribution in [0.15, 0.2) is 12.5 Å². The van der Waals surface area contributed by atoms with Crippen molar-refractivity contribution in [3.63, 3.8) is 0 Å². The van der Waals surface area contributed by atoms with Crippen molar-refractivity contribution >= 4 is 23.7 Å². The van der Waals surface area contributed by atoms with Crippen LogP contribution in [0.2, 0.25) is 0 Å². The summed E-state index contributed by atoms with van der Waals surface area (Å²) in [5, 5.41) is 34.5. The molecule has 0 aliphatic carbocycles. The van der Waals surface area contributed by atoms with E-state index in [2.05, 4.69) is 25.9 Å². The molecule has 0 radical (unpaired) electrons. The molecule has 0 saturated carbocycles. The monoisotopic (exact) mass is 414 g/mol. The molecule has 5 unspecified atom stereocenters. The van der Waals surface area contributed by atoms with Crippen LogP contribution in [0.5, 0.6) is 0 Å². The van der Waals surface area contributed by atoms with Gasteiger partial charge in [0.25, 0.3) is 0 Å². The van der Waals surface area contributed by atoms with E-state index in [-0.39, 0.29) is 6.42 Å². The van der Waals surface area contributed by atoms with Crippen molar-refractivity contribution in [3.8, 4) is 0 Å². The van der Waals surface area contributed by atoms with Gasteiger partial charge in [-0.1, -0.05) is 0 Å². The molecular formula is C16H26N6O7. The number of aromatic amines is 1. The normalized spacial score (nSPS) is 16.0. The Labute approximate surface area is 166 Å². The average Bonchev–Trinajstić information content (AvgIpc) is 3.17. The zero-order valence-corrected chi connectivity index (χ0v) is 16.0. The standard InChI is InChI=1S/C16H26N6O7/c1-7(16(28)29)20-13(25)10(3-9-4-18-6-19-9)21-14(26)11(5-23)22-15(27)12(17)8(2)24/h4,6-8,10-12,23-24H,3,5,17H2,1-2H3,(H,18,19)(H,20,25)(H,21,26)(H,22,27)(H,28,29). The Hall–Kier alpha value is -3.03. The smallest absolute Gasteiger partial charge is 0.325 e. The number of imidazole rings is 1. The number of hydrogen-bond donors (Lipinski definition) is 8. The van der Waals surface area contributed by atoms with Crippen LogP contribution in [-0.4, -0.2) is 85.9 Å². The van der Waals surface area contributed by atoms with E-state index in [4.69, 9.17) is 10.8 Å². The maximum atomic E-state index is 12.5. The minimum absolute atomic E-state index is 0.0524. The Kier molecular flexibility index (Phi) is 9.18. The van der Waals surface area contributed by atoms with E-state index < -0.39 is 60.6 Å². The molecule has 0 aliphatic rings. The molecule has 0 spiro atoms. The number of carboxylic acids is 1. The number of aliphatic hydroxyl groups is 2. The lowest BCUT2D eigenvalue weighted by molar-refractivity contribution is -0.141. The second-order valence-corrected chi connectivity index (χ2v) is 6.42. The lowest BCUT2D eigenvalue weighted by Crippen LogP contribution is -2.59. The summed E-state index contributed by atoms with van der Waals surface area (Å²) in [7, 11) is 0. The number of aliphatic carboxylic acids is 1. The van der Waals surface area contributed by atoms with Gasteiger partial charge in [0.15, 0.2) is 0 Å². The lowest BCUT2D eigenvalue weighted by Gasteiger charge is -2.24. The topological polar surface area (TPSA) is 220 Å². The fourth-order valence-electron chi connectivity index (χ4n) is 2.15. The summed E-state index contributed by atoms with van der Waals surface area (Å²) in [5.74, 6) is -3.83. The summed E-state index contributed by atoms with van der Waals surface area (Å²) in [4.78, 5) is 54.3. The number of aliphatic hydroxyl groups excluding tert-OH is 2. The van der Waals surface area contributed by atoms with E-state index in [1.54, 1.807) is 0 Å². The summed E-state index contributed by atoms with van der Waals surface area (Å²) in [6, 6.07) is -5.19. The predicted octanol–water partition coefficient (Wildman–Crippen LogP) is -3.79. The van der Waals surface area contributed by atoms with Crippen molar-refractivity contribution in [2.24, 2.45) is 5.73 Å². The van der Waals surface area contributed by atoms with E-state index in [9.17, 15) is 29.4 Å². The van der Waals surface area contributed by atoms with Gasteiger partial charge in [-0.05, 0) is 13.8 Å². The number of carboxylic acid groups (broad SMARTS) is 1. The molecule has 1 rings (SSSR count). The van der Waals surface area contributed by atoms with Crippen LogP contribution in [0.25, 0.3) is 0 Å². The molecule has 9 N–H and O–H groups in total. The molecule has 1 aromatic heterocycles. The lowest BCUT2D eigenvalue weighted by atomic mass is 10.1. The molecule has 5 atom stereocenters. The van der Waals surface area contributed by atoms with Gasteiger partial charge in [-0.3, -0.25) is 19.2 Å². The third-order valence-electron chi connectivity index (χ3n) is 3.98. The maximum Gasteiger partial charge on any atom is 0.325 e. The first-order valence-corrected chi connectivity index (χ1v) is 8.72. The van der Waals surface area contributed by atoms with Gasteiger partial charge in [0, 0.05) is 18.3 Å². The number of nitrogens with two attached hydrogens (primary N) is 1. The Morgan fingerprint density at radius 1 is 1.10 bits per heavy atom. The highest BCUT2D eigenvalue weighted by Crippen LogP contribution is 2.01. The third-order valence-corrected chi connectivity index (χ3v) is 3.98. The van der Waals surface area contributed by atoms with Crippen molar-refractivity contribution in [1.29, 1.82) is 0 Å². The van der Waals surface area contributed by atoms with Crippen LogP contribution >= 0.6 is 0 Å². The van der Waals surface area contributed by atoms with Gasteiger partial charge >= 0.3 is 5.97 Å². The van der Waals surface area contributed by atoms with Crippen LogP contribution in [0.3, 0.4) is 0 Å². The molecule has 29 heavy (non-hydrogen) atoms. The summed E-state index contributed by atoms with van der Waals surface area (Å²) in [5.41, 5.74) is 5.96. The van der Waals surface area contributed by atoms with Gasteiger partial charge in [-0.15, -0.1) is 0 Å². The molecule has 0 fully saturated rings. The number of rotatable bonds is 11. The Morgan fingerprint density at radius 3 is 2.17 bits per heavy atom. The number of amides is 3. The minimum atomic E-state index is -1.44. The highest BCUT2D eigenvalue weighted by molar-refractivity contribution is 5.94. The molecular weight excluding hydrogens is 388 g/mol. The summed E-state index contributed by atoms with van der Waals surface area (Å²) in [6.45, 7) is 1.74. The summed E-state index contributed by atoms with van der Waals surface area (Å²) in [6.07, 6.45) is 1.54. The SMILES string of the molecule is CC(NC(=O)C(Cc1cnc[nH]1)NC(=O)C(CO)NC(=O)C(N)C(C)O)C(=O)O. The molecule has 0 saturated heterocycles. The number of nitrogens with zero attached hydrogens (tertiary/aromatic N) is 1. The van der Waals surface area contributed by atoms with Crippen LogP contribution in [-0.2, 0) is 25.6 Å². The van der Waals surface area contributed by atoms with E-state index >= 15 is 0 Å². The van der Waals surface area contributed by atoms with Crippen LogP contribution in [0, 0.1) is 0 Å². The molecule has 1 aromatic rings. The van der Waals surface area contributed by atoms with Gasteiger partial charge in [0.1, 0.15) is 24.2 Å². The van der Waals surface area contributed by atoms with E-state index in [0.29, 0.717) is 5.69 Å². The maximum absolute atomic E-state index is 12.5. The Morgan fingerprint density at radius 2 is 1.69 bits per heavy atom. The van der Waals surface area contributed by atoms with E-state index in [1.807, 2.05) is 0 Å². The van der Waals surface area contributed by atoms with Gasteiger partial charge in [-0.2, -0.15) is 0 Å². The first-order chi connectivity index (χ1) is 13.6. The van der Waals surface area contributed by atoms with Gasteiger partial charge in [-0.25, -0.2) is 4.98 Å². The highest BCUT2D eigenvalue weighted by Gasteiger charge is 2.30. The van der Waals surface area contributed by atoms with Crippen molar-refractivity contribution in [3.05, 3.63) is 18.2 Å². The fourth-order valence-corrected chi connectivity index (χ4v) is 2.15. The molecule has 1 heterocycles. The number of nitrogens with one attached hydrogen (secondary N) is 4. The number of hydrogen-bond acceptors (Lipinski definition) is 8. The number of aromatic nitrogens is 2. The third kappa shape index (κ3) is 7.48. The second-order valence-electron chi connectivity index (χ2n) is 6.42. The van der Waals surface area contributed by atoms with Crippen LogP contribution in [0.4, 0.5) is 0 Å². The molecule has 0 aliphatic heterocycles. The molecule has 13 heteroatoms. The summed E-state index contributed by atoms with van der Waals surface area (Å²) >= 11 is 0. The van der Waals surface area contributed by atoms with E-state index in [0.717, 1.165) is 0 Å². The second kappa shape index (κ2) is 11.1. The zero-order chi connectivity index (χ0) is 22.1. The number of H-pyrrole nitrogens is 1. The van der Waals surface area contributed by atoms with Crippen molar-refractivity contribution in [1.82, 2.24) is 25.9 Å².